The van der Waals surface area contributed by atoms with Crippen LogP contribution in [0, 0.1) is 5.92 Å². The minimum Gasteiger partial charge on any atom is -0.308 e. The smallest absolute Gasteiger partial charge is 0.229 e. The Bertz CT molecular complexity index is 794. The largest absolute Gasteiger partial charge is 0.308 e. The van der Waals surface area contributed by atoms with E-state index in [0.29, 0.717) is 11.7 Å². The van der Waals surface area contributed by atoms with Crippen LogP contribution in [-0.2, 0) is 4.79 Å². The predicted molar refractivity (Wildman–Crippen MR) is 82.0 cm³/mol. The van der Waals surface area contributed by atoms with E-state index in [2.05, 4.69) is 27.6 Å². The van der Waals surface area contributed by atoms with Gasteiger partial charge < -0.3 is 5.32 Å². The Labute approximate surface area is 122 Å². The van der Waals surface area contributed by atoms with E-state index in [9.17, 15) is 4.79 Å². The molecule has 0 bridgehead atoms. The van der Waals surface area contributed by atoms with Crippen molar-refractivity contribution in [3.63, 3.8) is 0 Å². The van der Waals surface area contributed by atoms with Crippen LogP contribution in [0.4, 0.5) is 5.82 Å². The Kier molecular flexibility index (Phi) is 2.74. The van der Waals surface area contributed by atoms with Crippen LogP contribution in [0.3, 0.4) is 0 Å². The normalized spacial score (nSPS) is 20.4. The zero-order chi connectivity index (χ0) is 14.2. The van der Waals surface area contributed by atoms with Crippen molar-refractivity contribution in [3.8, 4) is 0 Å². The highest BCUT2D eigenvalue weighted by atomic mass is 16.2. The van der Waals surface area contributed by atoms with E-state index >= 15 is 0 Å². The van der Waals surface area contributed by atoms with Gasteiger partial charge in [0.1, 0.15) is 0 Å². The first-order valence-electron chi connectivity index (χ1n) is 7.12. The number of nitrogens with one attached hydrogen (secondary N) is 2. The minimum atomic E-state index is 0.0566. The summed E-state index contributed by atoms with van der Waals surface area (Å²) in [5.74, 6) is 1.08. The van der Waals surface area contributed by atoms with Gasteiger partial charge in [0, 0.05) is 11.3 Å². The van der Waals surface area contributed by atoms with Gasteiger partial charge in [0.2, 0.25) is 5.91 Å². The third-order valence-electron chi connectivity index (χ3n) is 4.07. The number of aromatic amines is 1. The van der Waals surface area contributed by atoms with E-state index < -0.39 is 0 Å². The Hall–Kier alpha value is -2.62. The number of anilines is 1. The molecule has 1 saturated carbocycles. The Morgan fingerprint density at radius 1 is 1.10 bits per heavy atom. The standard InChI is InChI=1S/C17H15N3O/c21-17(14-10-13(14)11-6-2-1-3-7-11)18-16-12-8-4-5-9-15(12)19-20-16/h1-9,13-14H,10H2,(H2,18,19,20,21). The fourth-order valence-corrected chi connectivity index (χ4v) is 2.82. The molecule has 2 aromatic carbocycles. The number of amides is 1. The van der Waals surface area contributed by atoms with E-state index in [1.54, 1.807) is 0 Å². The number of nitrogens with zero attached hydrogens (tertiary/aromatic N) is 1. The molecule has 2 atom stereocenters. The van der Waals surface area contributed by atoms with E-state index in [-0.39, 0.29) is 11.8 Å². The van der Waals surface area contributed by atoms with Crippen LogP contribution in [0.5, 0.6) is 0 Å². The van der Waals surface area contributed by atoms with Gasteiger partial charge in [-0.05, 0) is 30.0 Å². The molecule has 1 aromatic heterocycles. The Morgan fingerprint density at radius 3 is 2.71 bits per heavy atom. The fraction of sp³-hybridized carbons (Fsp3) is 0.176. The van der Waals surface area contributed by atoms with Crippen LogP contribution in [0.1, 0.15) is 17.9 Å². The highest BCUT2D eigenvalue weighted by Crippen LogP contribution is 2.47. The van der Waals surface area contributed by atoms with E-state index in [0.717, 1.165) is 17.3 Å². The first-order valence-corrected chi connectivity index (χ1v) is 7.12. The van der Waals surface area contributed by atoms with Crippen molar-refractivity contribution in [2.45, 2.75) is 12.3 Å². The molecule has 0 radical (unpaired) electrons. The second kappa shape index (κ2) is 4.74. The molecule has 4 rings (SSSR count). The lowest BCUT2D eigenvalue weighted by Gasteiger charge is -2.02. The quantitative estimate of drug-likeness (QED) is 0.771. The van der Waals surface area contributed by atoms with Crippen molar-refractivity contribution in [1.29, 1.82) is 0 Å². The molecule has 1 aliphatic carbocycles. The predicted octanol–water partition coefficient (Wildman–Crippen LogP) is 3.31. The average Bonchev–Trinajstić information content (AvgIpc) is 3.25. The Morgan fingerprint density at radius 2 is 1.86 bits per heavy atom. The molecule has 21 heavy (non-hydrogen) atoms. The topological polar surface area (TPSA) is 57.8 Å². The molecule has 2 N–H and O–H groups in total. The zero-order valence-electron chi connectivity index (χ0n) is 11.4. The van der Waals surface area contributed by atoms with Gasteiger partial charge >= 0.3 is 0 Å². The number of rotatable bonds is 3. The molecule has 1 aliphatic rings. The van der Waals surface area contributed by atoms with Crippen molar-refractivity contribution in [1.82, 2.24) is 10.2 Å². The summed E-state index contributed by atoms with van der Waals surface area (Å²) in [4.78, 5) is 12.3. The summed E-state index contributed by atoms with van der Waals surface area (Å²) < 4.78 is 0. The van der Waals surface area contributed by atoms with E-state index in [4.69, 9.17) is 0 Å². The van der Waals surface area contributed by atoms with Crippen molar-refractivity contribution in [2.24, 2.45) is 5.92 Å². The lowest BCUT2D eigenvalue weighted by Crippen LogP contribution is -2.15. The number of H-pyrrole nitrogens is 1. The molecule has 1 amide bonds. The third-order valence-corrected chi connectivity index (χ3v) is 4.07. The summed E-state index contributed by atoms with van der Waals surface area (Å²) in [5.41, 5.74) is 2.17. The van der Waals surface area contributed by atoms with Crippen LogP contribution in [0.15, 0.2) is 54.6 Å². The van der Waals surface area contributed by atoms with Gasteiger partial charge in [0.25, 0.3) is 0 Å². The summed E-state index contributed by atoms with van der Waals surface area (Å²) in [6.07, 6.45) is 0.915. The van der Waals surface area contributed by atoms with Crippen molar-refractivity contribution in [2.75, 3.05) is 5.32 Å². The van der Waals surface area contributed by atoms with Crippen LogP contribution >= 0.6 is 0 Å². The Balaban J connectivity index is 1.50. The SMILES string of the molecule is O=C(Nc1n[nH]c2ccccc12)C1CC1c1ccccc1. The minimum absolute atomic E-state index is 0.0566. The van der Waals surface area contributed by atoms with Crippen molar-refractivity contribution < 1.29 is 4.79 Å². The van der Waals surface area contributed by atoms with Crippen LogP contribution in [-0.4, -0.2) is 16.1 Å². The lowest BCUT2D eigenvalue weighted by molar-refractivity contribution is -0.117. The summed E-state index contributed by atoms with van der Waals surface area (Å²) in [5, 5.41) is 11.0. The van der Waals surface area contributed by atoms with Gasteiger partial charge in [0.15, 0.2) is 5.82 Å². The summed E-state index contributed by atoms with van der Waals surface area (Å²) in [7, 11) is 0. The highest BCUT2D eigenvalue weighted by Gasteiger charge is 2.44. The molecule has 4 nitrogen and oxygen atoms in total. The van der Waals surface area contributed by atoms with E-state index in [1.165, 1.54) is 5.56 Å². The maximum Gasteiger partial charge on any atom is 0.229 e. The van der Waals surface area contributed by atoms with Crippen molar-refractivity contribution >= 4 is 22.6 Å². The number of para-hydroxylation sites is 1. The molecule has 0 saturated heterocycles. The molecule has 2 unspecified atom stereocenters. The average molecular weight is 277 g/mol. The molecule has 1 heterocycles. The second-order valence-corrected chi connectivity index (χ2v) is 5.47. The van der Waals surface area contributed by atoms with Gasteiger partial charge in [-0.1, -0.05) is 42.5 Å². The van der Waals surface area contributed by atoms with Crippen LogP contribution in [0.25, 0.3) is 10.9 Å². The van der Waals surface area contributed by atoms with E-state index in [1.807, 2.05) is 42.5 Å². The number of carbonyl (C=O) groups excluding carboxylic acids is 1. The summed E-state index contributed by atoms with van der Waals surface area (Å²) in [6, 6.07) is 18.0. The van der Waals surface area contributed by atoms with Crippen LogP contribution < -0.4 is 5.32 Å². The zero-order valence-corrected chi connectivity index (χ0v) is 11.4. The number of fused-ring (bicyclic) bond motifs is 1. The molecular weight excluding hydrogens is 262 g/mol. The second-order valence-electron chi connectivity index (χ2n) is 5.47. The first kappa shape index (κ1) is 12.1. The number of hydrogen-bond acceptors (Lipinski definition) is 2. The fourth-order valence-electron chi connectivity index (χ4n) is 2.82. The molecule has 104 valence electrons. The molecule has 3 aromatic rings. The van der Waals surface area contributed by atoms with Crippen molar-refractivity contribution in [3.05, 3.63) is 60.2 Å². The number of benzene rings is 2. The maximum atomic E-state index is 12.3. The number of aromatic nitrogens is 2. The molecule has 1 fully saturated rings. The lowest BCUT2D eigenvalue weighted by atomic mass is 10.1. The van der Waals surface area contributed by atoms with Gasteiger partial charge in [0.05, 0.1) is 5.52 Å². The van der Waals surface area contributed by atoms with Crippen LogP contribution in [0.2, 0.25) is 0 Å². The molecular formula is C17H15N3O. The van der Waals surface area contributed by atoms with Gasteiger partial charge in [-0.2, -0.15) is 5.10 Å². The maximum absolute atomic E-state index is 12.3. The molecule has 0 spiro atoms. The van der Waals surface area contributed by atoms with Gasteiger partial charge in [-0.3, -0.25) is 9.89 Å². The number of carbonyl (C=O) groups is 1. The summed E-state index contributed by atoms with van der Waals surface area (Å²) >= 11 is 0. The third kappa shape index (κ3) is 2.18. The van der Waals surface area contributed by atoms with Gasteiger partial charge in [-0.15, -0.1) is 0 Å². The van der Waals surface area contributed by atoms with Gasteiger partial charge in [-0.25, -0.2) is 0 Å². The molecule has 0 aliphatic heterocycles. The number of hydrogen-bond donors (Lipinski definition) is 2. The summed E-state index contributed by atoms with van der Waals surface area (Å²) in [6.45, 7) is 0. The molecule has 4 heteroatoms. The monoisotopic (exact) mass is 277 g/mol. The highest BCUT2D eigenvalue weighted by molar-refractivity contribution is 6.01. The first-order chi connectivity index (χ1) is 10.3.